The fraction of sp³-hybridized carbons (Fsp3) is 0.409. The van der Waals surface area contributed by atoms with Gasteiger partial charge in [-0.3, -0.25) is 9.69 Å². The number of carbonyl (C=O) groups excluding carboxylic acids is 1. The van der Waals surface area contributed by atoms with Gasteiger partial charge >= 0.3 is 0 Å². The number of nitrogens with zero attached hydrogens (tertiary/aromatic N) is 3. The lowest BCUT2D eigenvalue weighted by molar-refractivity contribution is -0.126. The normalized spacial score (nSPS) is 15.4. The van der Waals surface area contributed by atoms with Crippen molar-refractivity contribution in [1.29, 1.82) is 0 Å². The molecule has 3 heterocycles. The first-order chi connectivity index (χ1) is 14.7. The van der Waals surface area contributed by atoms with Gasteiger partial charge in [-0.25, -0.2) is 0 Å². The Morgan fingerprint density at radius 3 is 2.80 bits per heavy atom. The van der Waals surface area contributed by atoms with Crippen molar-refractivity contribution in [2.75, 3.05) is 25.4 Å². The number of aryl methyl sites for hydroxylation is 1. The molecule has 0 unspecified atom stereocenters. The first kappa shape index (κ1) is 21.1. The summed E-state index contributed by atoms with van der Waals surface area (Å²) in [6, 6.07) is 12.5. The highest BCUT2D eigenvalue weighted by atomic mass is 32.2. The number of hydrogen-bond donors (Lipinski definition) is 1. The molecule has 158 valence electrons. The van der Waals surface area contributed by atoms with Crippen LogP contribution in [0.3, 0.4) is 0 Å². The molecule has 1 saturated heterocycles. The second-order valence-corrected chi connectivity index (χ2v) is 9.61. The van der Waals surface area contributed by atoms with Gasteiger partial charge < -0.3 is 9.84 Å². The van der Waals surface area contributed by atoms with Gasteiger partial charge in [-0.05, 0) is 56.4 Å². The highest BCUT2D eigenvalue weighted by Gasteiger charge is 2.25. The van der Waals surface area contributed by atoms with E-state index in [0.717, 1.165) is 36.6 Å². The summed E-state index contributed by atoms with van der Waals surface area (Å²) in [5.74, 6) is 2.44. The van der Waals surface area contributed by atoms with Crippen LogP contribution >= 0.6 is 23.1 Å². The van der Waals surface area contributed by atoms with Crippen molar-refractivity contribution in [3.63, 3.8) is 0 Å². The lowest BCUT2D eigenvalue weighted by Crippen LogP contribution is -2.40. The highest BCUT2D eigenvalue weighted by Crippen LogP contribution is 2.23. The van der Waals surface area contributed by atoms with Gasteiger partial charge in [0.1, 0.15) is 0 Å². The van der Waals surface area contributed by atoms with Crippen LogP contribution in [0.2, 0.25) is 0 Å². The van der Waals surface area contributed by atoms with Gasteiger partial charge in [-0.2, -0.15) is 4.98 Å². The number of aromatic nitrogens is 2. The third kappa shape index (κ3) is 5.71. The molecule has 0 saturated carbocycles. The molecule has 6 nitrogen and oxygen atoms in total. The zero-order valence-electron chi connectivity index (χ0n) is 17.0. The summed E-state index contributed by atoms with van der Waals surface area (Å²) in [6.45, 7) is 5.16. The van der Waals surface area contributed by atoms with Gasteiger partial charge in [0.2, 0.25) is 17.6 Å². The summed E-state index contributed by atoms with van der Waals surface area (Å²) < 4.78 is 5.40. The molecule has 1 aliphatic rings. The number of amides is 1. The largest absolute Gasteiger partial charge is 0.355 e. The molecular weight excluding hydrogens is 416 g/mol. The minimum Gasteiger partial charge on any atom is -0.355 e. The molecular formula is C22H26N4O2S2. The molecule has 0 radical (unpaired) electrons. The van der Waals surface area contributed by atoms with Crippen molar-refractivity contribution in [3.8, 4) is 10.7 Å². The van der Waals surface area contributed by atoms with E-state index in [2.05, 4.69) is 51.5 Å². The number of carbonyl (C=O) groups is 1. The van der Waals surface area contributed by atoms with Gasteiger partial charge in [0.15, 0.2) is 0 Å². The number of thiophene rings is 1. The fourth-order valence-corrected chi connectivity index (χ4v) is 4.91. The lowest BCUT2D eigenvalue weighted by atomic mass is 9.96. The number of likely N-dealkylation sites (tertiary alicyclic amines) is 1. The molecule has 0 spiro atoms. The summed E-state index contributed by atoms with van der Waals surface area (Å²) in [7, 11) is 0. The van der Waals surface area contributed by atoms with Crippen molar-refractivity contribution in [2.24, 2.45) is 5.92 Å². The average Bonchev–Trinajstić information content (AvgIpc) is 3.45. The Balaban J connectivity index is 1.15. The summed E-state index contributed by atoms with van der Waals surface area (Å²) in [5.41, 5.74) is 1.26. The maximum absolute atomic E-state index is 12.5. The molecule has 1 aliphatic heterocycles. The van der Waals surface area contributed by atoms with Crippen molar-refractivity contribution in [2.45, 2.75) is 31.2 Å². The average molecular weight is 443 g/mol. The minimum absolute atomic E-state index is 0.0926. The third-order valence-electron chi connectivity index (χ3n) is 5.22. The zero-order chi connectivity index (χ0) is 20.8. The molecule has 4 rings (SSSR count). The smallest absolute Gasteiger partial charge is 0.241 e. The van der Waals surface area contributed by atoms with Crippen LogP contribution in [0.1, 0.15) is 24.3 Å². The van der Waals surface area contributed by atoms with Crippen LogP contribution in [0, 0.1) is 12.8 Å². The second-order valence-electron chi connectivity index (χ2n) is 7.49. The Bertz CT molecular complexity index is 932. The van der Waals surface area contributed by atoms with Crippen LogP contribution in [0.4, 0.5) is 0 Å². The van der Waals surface area contributed by atoms with E-state index < -0.39 is 0 Å². The van der Waals surface area contributed by atoms with Crippen molar-refractivity contribution < 1.29 is 9.32 Å². The predicted octanol–water partition coefficient (Wildman–Crippen LogP) is 4.23. The molecule has 3 aromatic rings. The number of thioether (sulfide) groups is 1. The number of rotatable bonds is 8. The topological polar surface area (TPSA) is 71.3 Å². The van der Waals surface area contributed by atoms with Crippen LogP contribution in [0.15, 0.2) is 51.2 Å². The summed E-state index contributed by atoms with van der Waals surface area (Å²) in [6.07, 6.45) is 1.73. The second kappa shape index (κ2) is 10.2. The molecule has 1 fully saturated rings. The maximum Gasteiger partial charge on any atom is 0.241 e. The summed E-state index contributed by atoms with van der Waals surface area (Å²) >= 11 is 3.38. The highest BCUT2D eigenvalue weighted by molar-refractivity contribution is 7.99. The van der Waals surface area contributed by atoms with Gasteiger partial charge in [0.05, 0.1) is 11.4 Å². The number of nitrogens with one attached hydrogen (secondary N) is 1. The standard InChI is InChI=1S/C22H26N4O2S2/c1-16-4-6-18(7-5-16)29-14-10-23-22(27)17-8-11-26(12-9-17)15-20-24-21(25-28-20)19-3-2-13-30-19/h2-7,13,17H,8-12,14-15H2,1H3,(H,23,27). The van der Waals surface area contributed by atoms with Crippen molar-refractivity contribution in [3.05, 3.63) is 53.2 Å². The molecule has 0 atom stereocenters. The molecule has 0 aliphatic carbocycles. The van der Waals surface area contributed by atoms with Gasteiger partial charge in [0, 0.05) is 23.1 Å². The number of piperidine rings is 1. The Hall–Kier alpha value is -2.16. The van der Waals surface area contributed by atoms with Crippen LogP contribution in [-0.2, 0) is 11.3 Å². The lowest BCUT2D eigenvalue weighted by Gasteiger charge is -2.30. The molecule has 30 heavy (non-hydrogen) atoms. The monoisotopic (exact) mass is 442 g/mol. The van der Waals surface area contributed by atoms with Gasteiger partial charge in [-0.15, -0.1) is 23.1 Å². The SMILES string of the molecule is Cc1ccc(SCCNC(=O)C2CCN(Cc3nc(-c4cccs4)no3)CC2)cc1. The van der Waals surface area contributed by atoms with E-state index in [1.807, 2.05) is 17.5 Å². The molecule has 8 heteroatoms. The third-order valence-corrected chi connectivity index (χ3v) is 7.10. The molecule has 1 amide bonds. The maximum atomic E-state index is 12.5. The zero-order valence-corrected chi connectivity index (χ0v) is 18.7. The van der Waals surface area contributed by atoms with E-state index in [4.69, 9.17) is 4.52 Å². The summed E-state index contributed by atoms with van der Waals surface area (Å²) in [4.78, 5) is 21.5. The van der Waals surface area contributed by atoms with E-state index in [0.29, 0.717) is 24.8 Å². The predicted molar refractivity (Wildman–Crippen MR) is 121 cm³/mol. The van der Waals surface area contributed by atoms with E-state index in [1.165, 1.54) is 10.5 Å². The first-order valence-corrected chi connectivity index (χ1v) is 12.1. The fourth-order valence-electron chi connectivity index (χ4n) is 3.49. The van der Waals surface area contributed by atoms with Crippen LogP contribution in [0.25, 0.3) is 10.7 Å². The number of benzene rings is 1. The Kier molecular flexibility index (Phi) is 7.20. The Morgan fingerprint density at radius 2 is 2.07 bits per heavy atom. The molecule has 0 bridgehead atoms. The van der Waals surface area contributed by atoms with Crippen LogP contribution in [-0.4, -0.2) is 46.3 Å². The number of hydrogen-bond acceptors (Lipinski definition) is 7. The van der Waals surface area contributed by atoms with Gasteiger partial charge in [-0.1, -0.05) is 28.9 Å². The summed E-state index contributed by atoms with van der Waals surface area (Å²) in [5, 5.41) is 9.17. The molecule has 1 N–H and O–H groups in total. The molecule has 2 aromatic heterocycles. The Labute approximate surface area is 185 Å². The Morgan fingerprint density at radius 1 is 1.27 bits per heavy atom. The van der Waals surface area contributed by atoms with E-state index in [1.54, 1.807) is 23.1 Å². The van der Waals surface area contributed by atoms with Crippen LogP contribution < -0.4 is 5.32 Å². The first-order valence-electron chi connectivity index (χ1n) is 10.2. The van der Waals surface area contributed by atoms with E-state index >= 15 is 0 Å². The van der Waals surface area contributed by atoms with Gasteiger partial charge in [0.25, 0.3) is 0 Å². The van der Waals surface area contributed by atoms with E-state index in [-0.39, 0.29) is 11.8 Å². The quantitative estimate of drug-likeness (QED) is 0.416. The van der Waals surface area contributed by atoms with Crippen molar-refractivity contribution in [1.82, 2.24) is 20.4 Å². The molecule has 1 aromatic carbocycles. The van der Waals surface area contributed by atoms with Crippen LogP contribution in [0.5, 0.6) is 0 Å². The van der Waals surface area contributed by atoms with E-state index in [9.17, 15) is 4.79 Å². The van der Waals surface area contributed by atoms with Crippen molar-refractivity contribution >= 4 is 29.0 Å². The minimum atomic E-state index is 0.0926.